The molecular weight excluding hydrogens is 389 g/mol. The van der Waals surface area contributed by atoms with Gasteiger partial charge in [-0.2, -0.15) is 4.67 Å². The van der Waals surface area contributed by atoms with Gasteiger partial charge >= 0.3 is 8.16 Å². The highest BCUT2D eigenvalue weighted by Crippen LogP contribution is 2.50. The Bertz CT molecular complexity index is 996. The number of fused-ring (bicyclic) bond motifs is 7. The molecule has 0 aliphatic heterocycles. The van der Waals surface area contributed by atoms with Crippen molar-refractivity contribution in [1.29, 1.82) is 0 Å². The highest BCUT2D eigenvalue weighted by atomic mass is 31.1. The van der Waals surface area contributed by atoms with E-state index in [-0.39, 0.29) is 0 Å². The van der Waals surface area contributed by atoms with Gasteiger partial charge < -0.3 is 8.39 Å². The predicted octanol–water partition coefficient (Wildman–Crippen LogP) is 8.07. The van der Waals surface area contributed by atoms with Crippen LogP contribution in [-0.2, 0) is 12.8 Å². The Balaban J connectivity index is 1.84. The zero-order chi connectivity index (χ0) is 20.8. The van der Waals surface area contributed by atoms with E-state index >= 15 is 0 Å². The van der Waals surface area contributed by atoms with Gasteiger partial charge in [0.1, 0.15) is 11.3 Å². The maximum atomic E-state index is 6.78. The number of nitrogens with zero attached hydrogens (tertiary/aromatic N) is 1. The molecule has 1 aromatic heterocycles. The molecule has 4 heteroatoms. The van der Waals surface area contributed by atoms with Crippen molar-refractivity contribution >= 4 is 25.2 Å². The van der Waals surface area contributed by atoms with Crippen molar-refractivity contribution in [1.82, 2.24) is 0 Å². The van der Waals surface area contributed by atoms with Gasteiger partial charge in [0.15, 0.2) is 0 Å². The van der Waals surface area contributed by atoms with Crippen LogP contribution in [0.1, 0.15) is 94.6 Å². The lowest BCUT2D eigenvalue weighted by Crippen LogP contribution is -2.34. The van der Waals surface area contributed by atoms with E-state index in [9.17, 15) is 0 Å². The predicted molar refractivity (Wildman–Crippen MR) is 128 cm³/mol. The maximum absolute atomic E-state index is 6.78. The van der Waals surface area contributed by atoms with Crippen LogP contribution in [0.5, 0.6) is 0 Å². The van der Waals surface area contributed by atoms with Crippen molar-refractivity contribution in [2.24, 2.45) is 5.92 Å². The summed E-state index contributed by atoms with van der Waals surface area (Å²) in [6.45, 7) is 8.99. The number of benzene rings is 1. The van der Waals surface area contributed by atoms with Crippen molar-refractivity contribution in [2.75, 3.05) is 4.67 Å². The van der Waals surface area contributed by atoms with E-state index in [0.717, 1.165) is 11.3 Å². The minimum atomic E-state index is -1.18. The molecule has 0 saturated heterocycles. The minimum absolute atomic E-state index is 0.370. The quantitative estimate of drug-likeness (QED) is 0.498. The zero-order valence-corrected chi connectivity index (χ0v) is 19.9. The van der Waals surface area contributed by atoms with Crippen LogP contribution in [0, 0.1) is 5.92 Å². The van der Waals surface area contributed by atoms with E-state index in [1.807, 2.05) is 0 Å². The summed E-state index contributed by atoms with van der Waals surface area (Å²) in [6.07, 6.45) is 15.0. The van der Waals surface area contributed by atoms with E-state index in [4.69, 9.17) is 8.39 Å². The molecule has 3 aliphatic rings. The summed E-state index contributed by atoms with van der Waals surface area (Å²) in [5, 5.41) is 1.40. The van der Waals surface area contributed by atoms with Gasteiger partial charge in [0.25, 0.3) is 0 Å². The first-order chi connectivity index (χ1) is 14.5. The highest BCUT2D eigenvalue weighted by Gasteiger charge is 2.34. The molecule has 3 aliphatic carbocycles. The molecule has 1 heterocycles. The van der Waals surface area contributed by atoms with E-state index in [1.165, 1.54) is 67.9 Å². The van der Waals surface area contributed by atoms with Gasteiger partial charge in [0, 0.05) is 23.0 Å². The SMILES string of the molecule is CC(C)N(C(C)C)p1oc2c(c3c4c(ccc3o1)CCCC4)[C@@H]1CCCC[C@@H]1C=C2. The number of allylic oxidation sites excluding steroid dienone is 1. The smallest absolute Gasteiger partial charge is 0.310 e. The molecule has 0 bridgehead atoms. The Hall–Kier alpha value is -1.44. The van der Waals surface area contributed by atoms with E-state index in [2.05, 4.69) is 56.7 Å². The molecule has 1 saturated carbocycles. The van der Waals surface area contributed by atoms with Crippen molar-refractivity contribution < 1.29 is 8.39 Å². The molecule has 30 heavy (non-hydrogen) atoms. The lowest BCUT2D eigenvalue weighted by molar-refractivity contribution is 0.356. The number of hydrogen-bond donors (Lipinski definition) is 0. The van der Waals surface area contributed by atoms with E-state index in [1.54, 1.807) is 5.56 Å². The Morgan fingerprint density at radius 3 is 2.50 bits per heavy atom. The molecule has 0 spiro atoms. The van der Waals surface area contributed by atoms with E-state index < -0.39 is 8.16 Å². The van der Waals surface area contributed by atoms with Crippen LogP contribution >= 0.6 is 8.16 Å². The fourth-order valence-corrected chi connectivity index (χ4v) is 7.68. The minimum Gasteiger partial charge on any atom is -0.408 e. The Morgan fingerprint density at radius 1 is 0.933 bits per heavy atom. The molecule has 2 aromatic rings. The first-order valence-electron chi connectivity index (χ1n) is 12.1. The lowest BCUT2D eigenvalue weighted by Gasteiger charge is -2.33. The maximum Gasteiger partial charge on any atom is 0.310 e. The Kier molecular flexibility index (Phi) is 5.62. The third kappa shape index (κ3) is 3.49. The largest absolute Gasteiger partial charge is 0.408 e. The monoisotopic (exact) mass is 425 g/mol. The molecule has 0 amide bonds. The van der Waals surface area contributed by atoms with Gasteiger partial charge in [-0.05, 0) is 101 Å². The average molecular weight is 426 g/mol. The molecule has 1 fully saturated rings. The topological polar surface area (TPSA) is 29.5 Å². The van der Waals surface area contributed by atoms with Gasteiger partial charge in [0.2, 0.25) is 0 Å². The second-order valence-corrected chi connectivity index (χ2v) is 11.3. The van der Waals surface area contributed by atoms with Gasteiger partial charge in [-0.25, -0.2) is 0 Å². The summed E-state index contributed by atoms with van der Waals surface area (Å²) in [6, 6.07) is 5.32. The summed E-state index contributed by atoms with van der Waals surface area (Å²) in [4.78, 5) is 0. The first-order valence-corrected chi connectivity index (χ1v) is 13.2. The summed E-state index contributed by atoms with van der Waals surface area (Å²) < 4.78 is 16.0. The van der Waals surface area contributed by atoms with Crippen LogP contribution in [0.3, 0.4) is 0 Å². The lowest BCUT2D eigenvalue weighted by atomic mass is 9.71. The fraction of sp³-hybridized carbons (Fsp3) is 0.615. The van der Waals surface area contributed by atoms with Gasteiger partial charge in [-0.1, -0.05) is 25.0 Å². The molecule has 3 atom stereocenters. The molecule has 3 nitrogen and oxygen atoms in total. The Labute approximate surface area is 182 Å². The number of hydrogen-bond acceptors (Lipinski definition) is 3. The van der Waals surface area contributed by atoms with Crippen LogP contribution in [0.2, 0.25) is 0 Å². The van der Waals surface area contributed by atoms with Gasteiger partial charge in [-0.15, -0.1) is 0 Å². The zero-order valence-electron chi connectivity index (χ0n) is 19.0. The third-order valence-electron chi connectivity index (χ3n) is 7.31. The molecular formula is C26H36NO2P. The second kappa shape index (κ2) is 8.24. The number of rotatable bonds is 3. The molecule has 1 aromatic carbocycles. The van der Waals surface area contributed by atoms with Crippen molar-refractivity contribution in [3.8, 4) is 0 Å². The fourth-order valence-electron chi connectivity index (χ4n) is 6.05. The normalized spacial score (nSPS) is 23.6. The first kappa shape index (κ1) is 20.5. The second-order valence-electron chi connectivity index (χ2n) is 9.96. The summed E-state index contributed by atoms with van der Waals surface area (Å²) in [5.74, 6) is 2.33. The van der Waals surface area contributed by atoms with Crippen molar-refractivity contribution in [3.05, 3.63) is 40.7 Å². The standard InChI is InChI=1S/C26H36NO2P/c1-17(2)27(18(3)4)30-28-23-15-13-19-9-5-7-11-21(19)25(23)26-22-12-8-6-10-20(22)14-16-24(26)29-30/h13-19,21H,5-12H2,1-4H3/t19-,21-,30?/m1/s1. The van der Waals surface area contributed by atoms with Crippen LogP contribution < -0.4 is 4.67 Å². The summed E-state index contributed by atoms with van der Waals surface area (Å²) in [7, 11) is -1.18. The van der Waals surface area contributed by atoms with Crippen LogP contribution in [0.4, 0.5) is 0 Å². The molecule has 1 unspecified atom stereocenters. The van der Waals surface area contributed by atoms with Gasteiger partial charge in [0.05, 0.1) is 0 Å². The van der Waals surface area contributed by atoms with Crippen LogP contribution in [-0.4, -0.2) is 12.1 Å². The molecule has 0 radical (unpaired) electrons. The summed E-state index contributed by atoms with van der Waals surface area (Å²) in [5.41, 5.74) is 5.62. The molecule has 5 rings (SSSR count). The van der Waals surface area contributed by atoms with Gasteiger partial charge in [-0.3, -0.25) is 0 Å². The van der Waals surface area contributed by atoms with E-state index in [0.29, 0.717) is 23.9 Å². The highest BCUT2D eigenvalue weighted by molar-refractivity contribution is 7.38. The third-order valence-corrected chi connectivity index (χ3v) is 9.32. The molecule has 0 N–H and O–H groups in total. The van der Waals surface area contributed by atoms with Crippen LogP contribution in [0.25, 0.3) is 17.0 Å². The molecule has 162 valence electrons. The average Bonchev–Trinajstić information content (AvgIpc) is 2.90. The van der Waals surface area contributed by atoms with Crippen molar-refractivity contribution in [2.45, 2.75) is 97.1 Å². The number of aryl methyl sites for hydroxylation is 2. The Morgan fingerprint density at radius 2 is 1.70 bits per heavy atom. The van der Waals surface area contributed by atoms with Crippen LogP contribution in [0.15, 0.2) is 26.6 Å². The van der Waals surface area contributed by atoms with Crippen molar-refractivity contribution in [3.63, 3.8) is 0 Å². The summed E-state index contributed by atoms with van der Waals surface area (Å²) >= 11 is 0.